The number of esters is 9. The number of hydrogen-bond donors (Lipinski definition) is 1. The summed E-state index contributed by atoms with van der Waals surface area (Å²) in [6, 6.07) is 70.1. The minimum absolute atomic E-state index is 0.0102. The van der Waals surface area contributed by atoms with Gasteiger partial charge in [0, 0.05) is 0 Å². The number of carbonyl (C=O) groups excluding carboxylic acids is 9. The molecule has 0 radical (unpaired) electrons. The molecule has 1 N–H and O–H groups in total. The van der Waals surface area contributed by atoms with Crippen LogP contribution in [0.15, 0.2) is 273 Å². The molecular formula is C83H70O26. The van der Waals surface area contributed by atoms with Crippen molar-refractivity contribution in [2.75, 3.05) is 26.4 Å². The second-order valence-electron chi connectivity index (χ2n) is 25.0. The van der Waals surface area contributed by atoms with Gasteiger partial charge in [0.15, 0.2) is 67.9 Å². The van der Waals surface area contributed by atoms with Crippen molar-refractivity contribution in [3.63, 3.8) is 0 Å². The van der Waals surface area contributed by atoms with Crippen molar-refractivity contribution in [2.45, 2.75) is 98.4 Å². The molecule has 4 fully saturated rings. The lowest BCUT2D eigenvalue weighted by molar-refractivity contribution is -0.228. The molecule has 0 spiro atoms. The highest BCUT2D eigenvalue weighted by atomic mass is 16.8. The quantitative estimate of drug-likeness (QED) is 0.0352. The molecule has 0 aromatic heterocycles. The molecule has 0 amide bonds. The van der Waals surface area contributed by atoms with E-state index in [0.717, 1.165) is 0 Å². The Morgan fingerprint density at radius 2 is 0.431 bits per heavy atom. The number of hydrogen-bond acceptors (Lipinski definition) is 26. The number of aliphatic hydroxyl groups is 1. The molecule has 4 saturated heterocycles. The Balaban J connectivity index is 0.894. The first-order valence-electron chi connectivity index (χ1n) is 34.6. The summed E-state index contributed by atoms with van der Waals surface area (Å²) < 4.78 is 101. The summed E-state index contributed by atoms with van der Waals surface area (Å²) in [4.78, 5) is 128. The van der Waals surface area contributed by atoms with E-state index in [1.54, 1.807) is 164 Å². The maximum absolute atomic E-state index is 14.9. The highest BCUT2D eigenvalue weighted by Gasteiger charge is 2.59. The molecule has 9 aromatic carbocycles. The summed E-state index contributed by atoms with van der Waals surface area (Å²) in [6.45, 7) is -2.87. The molecule has 13 rings (SSSR count). The molecule has 4 aliphatic heterocycles. The molecule has 16 atom stereocenters. The van der Waals surface area contributed by atoms with E-state index < -0.39 is 179 Å². The Kier molecular flexibility index (Phi) is 24.8. The summed E-state index contributed by atoms with van der Waals surface area (Å²) in [6.07, 6.45) is -27.9. The van der Waals surface area contributed by atoms with E-state index in [2.05, 4.69) is 0 Å². The second kappa shape index (κ2) is 36.0. The van der Waals surface area contributed by atoms with E-state index in [9.17, 15) is 48.3 Å². The fraction of sp³-hybridized carbons (Fsp3) is 0.241. The molecule has 0 aliphatic carbocycles. The average molecular weight is 1480 g/mol. The van der Waals surface area contributed by atoms with Crippen molar-refractivity contribution >= 4 is 53.7 Å². The van der Waals surface area contributed by atoms with Crippen LogP contribution < -0.4 is 0 Å². The average Bonchev–Trinajstić information content (AvgIpc) is 1.64. The van der Waals surface area contributed by atoms with Gasteiger partial charge in [0.25, 0.3) is 0 Å². The van der Waals surface area contributed by atoms with Gasteiger partial charge in [-0.3, -0.25) is 0 Å². The Bertz CT molecular complexity index is 4550. The van der Waals surface area contributed by atoms with Crippen LogP contribution in [-0.4, -0.2) is 184 Å². The molecule has 4 aliphatic rings. The lowest BCUT2D eigenvalue weighted by atomic mass is 10.1. The molecule has 558 valence electrons. The highest BCUT2D eigenvalue weighted by Crippen LogP contribution is 2.39. The molecule has 0 saturated carbocycles. The molecule has 0 bridgehead atoms. The van der Waals surface area contributed by atoms with Crippen LogP contribution in [0.2, 0.25) is 0 Å². The summed E-state index contributed by atoms with van der Waals surface area (Å²) >= 11 is 0. The van der Waals surface area contributed by atoms with E-state index in [0.29, 0.717) is 0 Å². The predicted octanol–water partition coefficient (Wildman–Crippen LogP) is 9.59. The van der Waals surface area contributed by atoms with Gasteiger partial charge < -0.3 is 80.9 Å². The molecule has 26 nitrogen and oxygen atoms in total. The Hall–Kier alpha value is -12.1. The van der Waals surface area contributed by atoms with Gasteiger partial charge in [-0.15, -0.1) is 0 Å². The number of aliphatic hydroxyl groups excluding tert-OH is 1. The third-order valence-electron chi connectivity index (χ3n) is 17.8. The van der Waals surface area contributed by atoms with Crippen LogP contribution in [0.3, 0.4) is 0 Å². The zero-order valence-electron chi connectivity index (χ0n) is 57.7. The highest BCUT2D eigenvalue weighted by molar-refractivity contribution is 5.94. The van der Waals surface area contributed by atoms with Gasteiger partial charge in [-0.1, -0.05) is 164 Å². The topological polar surface area (TPSA) is 322 Å². The van der Waals surface area contributed by atoms with Crippen LogP contribution in [0, 0.1) is 0 Å². The number of benzene rings is 9. The summed E-state index contributed by atoms with van der Waals surface area (Å²) in [7, 11) is 0. The molecule has 1 unspecified atom stereocenters. The van der Waals surface area contributed by atoms with Crippen LogP contribution in [0.1, 0.15) is 93.2 Å². The first-order valence-corrected chi connectivity index (χ1v) is 34.6. The summed E-state index contributed by atoms with van der Waals surface area (Å²) in [5.41, 5.74) is 0.555. The Morgan fingerprint density at radius 3 is 0.716 bits per heavy atom. The fourth-order valence-corrected chi connectivity index (χ4v) is 12.3. The van der Waals surface area contributed by atoms with Gasteiger partial charge in [0.1, 0.15) is 43.7 Å². The largest absolute Gasteiger partial charge is 0.459 e. The van der Waals surface area contributed by atoms with Crippen molar-refractivity contribution in [3.05, 3.63) is 323 Å². The smallest absolute Gasteiger partial charge is 0.338 e. The molecular weight excluding hydrogens is 1410 g/mol. The monoisotopic (exact) mass is 1480 g/mol. The minimum Gasteiger partial charge on any atom is -0.459 e. The van der Waals surface area contributed by atoms with E-state index in [-0.39, 0.29) is 50.1 Å². The van der Waals surface area contributed by atoms with Crippen LogP contribution in [0.5, 0.6) is 0 Å². The van der Waals surface area contributed by atoms with Gasteiger partial charge >= 0.3 is 53.7 Å². The summed E-state index contributed by atoms with van der Waals surface area (Å²) in [5, 5.41) is 11.7. The van der Waals surface area contributed by atoms with E-state index in [4.69, 9.17) is 75.8 Å². The lowest BCUT2D eigenvalue weighted by Gasteiger charge is -2.30. The van der Waals surface area contributed by atoms with Gasteiger partial charge in [-0.05, 0) is 109 Å². The first kappa shape index (κ1) is 75.1. The van der Waals surface area contributed by atoms with Gasteiger partial charge in [0.05, 0.1) is 63.3 Å². The van der Waals surface area contributed by atoms with Crippen LogP contribution in [-0.2, 0) is 75.8 Å². The SMILES string of the molecule is O=C(OC[C@H]1O[C@H](OCC2O[C@H](OC[C@H]3O[C@H](O)[C@@H](OC(=O)c4ccccc4)[C@@H]3OC(=O)c3ccccc3)[C@@H](OC(=O)c3ccccc3)[C@@H]2O[C@H]2O[C@H](COC(=O)c3ccccc3)[C@@H](OC(=O)c3ccccc3)[C@@H]2OC(=O)c2ccccc2)[C@@H](OC(=O)c2ccccc2)[C@@H]1OC(=O)c1ccccc1)c1ccccc1. The fourth-order valence-electron chi connectivity index (χ4n) is 12.3. The molecule has 109 heavy (non-hydrogen) atoms. The third-order valence-corrected chi connectivity index (χ3v) is 17.8. The Morgan fingerprint density at radius 1 is 0.229 bits per heavy atom. The van der Waals surface area contributed by atoms with Crippen molar-refractivity contribution in [3.8, 4) is 0 Å². The minimum atomic E-state index is -1.97. The van der Waals surface area contributed by atoms with E-state index in [1.807, 2.05) is 0 Å². The van der Waals surface area contributed by atoms with Crippen molar-refractivity contribution in [2.24, 2.45) is 0 Å². The van der Waals surface area contributed by atoms with Crippen LogP contribution in [0.4, 0.5) is 0 Å². The second-order valence-corrected chi connectivity index (χ2v) is 25.0. The van der Waals surface area contributed by atoms with Crippen molar-refractivity contribution < 1.29 is 124 Å². The molecule has 9 aromatic rings. The first-order chi connectivity index (χ1) is 53.2. The molecule has 26 heteroatoms. The standard InChI is InChI=1S/C83H70O26/c84-71(50-28-10-1-11-29-50)94-46-60-64(103-74(87)53-34-16-4-17-35-53)68(106-77(90)56-40-22-7-23-41-56)81(99-60)97-49-62-66(109-83-70(108-79(92)58-44-26-9-27-45-58)65(104-75(88)54-36-18-5-19-37-54)61(101-83)47-95-72(85)51-30-12-2-13-31-51)69(107-78(91)57-42-24-8-25-43-57)82(100-62)96-48-59-63(102-73(86)52-32-14-3-15-33-52)67(80(93)98-59)105-76(89)55-38-20-6-21-39-55/h1-45,59-70,80-83,93H,46-49H2/t59-,60-,61-,62?,63-,64-,65-,66-,67+,68+,69+,70+,80+,81+,82+,83-/m1/s1. The lowest BCUT2D eigenvalue weighted by Crippen LogP contribution is -2.48. The van der Waals surface area contributed by atoms with Crippen LogP contribution >= 0.6 is 0 Å². The van der Waals surface area contributed by atoms with Crippen molar-refractivity contribution in [1.82, 2.24) is 0 Å². The normalized spacial score (nSPS) is 24.6. The molecule has 4 heterocycles. The third kappa shape index (κ3) is 18.8. The van der Waals surface area contributed by atoms with Gasteiger partial charge in [-0.25, -0.2) is 43.2 Å². The predicted molar refractivity (Wildman–Crippen MR) is 377 cm³/mol. The van der Waals surface area contributed by atoms with E-state index >= 15 is 0 Å². The summed E-state index contributed by atoms with van der Waals surface area (Å²) in [5.74, 6) is -8.31. The number of ether oxygens (including phenoxy) is 16. The Labute approximate surface area is 623 Å². The number of carbonyl (C=O) groups is 9. The maximum atomic E-state index is 14.9. The zero-order chi connectivity index (χ0) is 75.6. The van der Waals surface area contributed by atoms with Crippen LogP contribution in [0.25, 0.3) is 0 Å². The number of rotatable bonds is 28. The van der Waals surface area contributed by atoms with Gasteiger partial charge in [-0.2, -0.15) is 0 Å². The van der Waals surface area contributed by atoms with E-state index in [1.165, 1.54) is 109 Å². The maximum Gasteiger partial charge on any atom is 0.338 e. The van der Waals surface area contributed by atoms with Crippen molar-refractivity contribution in [1.29, 1.82) is 0 Å². The zero-order valence-corrected chi connectivity index (χ0v) is 57.7. The van der Waals surface area contributed by atoms with Gasteiger partial charge in [0.2, 0.25) is 0 Å².